The fourth-order valence-electron chi connectivity index (χ4n) is 2.84. The van der Waals surface area contributed by atoms with Crippen molar-refractivity contribution in [1.82, 2.24) is 15.5 Å². The van der Waals surface area contributed by atoms with Gasteiger partial charge in [0, 0.05) is 18.3 Å². The average molecular weight is 530 g/mol. The standard InChI is InChI=1S/C20H18F4N6O5S/c1-9(17(26)32)30(11-4-2-10(21)3-5-11)19-28-16(25)15(36-19)14(31)13-8-12(29-35-13)18(33)27-6-7-34-20(22,23)24/h2-5,8-9H,6-7,25H2,1H3,(H2,26,32)(H,27,33). The zero-order valence-corrected chi connectivity index (χ0v) is 19.2. The molecule has 5 N–H and O–H groups in total. The number of aromatic nitrogens is 2. The van der Waals surface area contributed by atoms with Crippen LogP contribution in [0.3, 0.4) is 0 Å². The third-order valence-electron chi connectivity index (χ3n) is 4.58. The molecule has 1 unspecified atom stereocenters. The van der Waals surface area contributed by atoms with Gasteiger partial charge >= 0.3 is 6.36 Å². The van der Waals surface area contributed by atoms with Crippen molar-refractivity contribution in [1.29, 1.82) is 0 Å². The predicted molar refractivity (Wildman–Crippen MR) is 118 cm³/mol. The van der Waals surface area contributed by atoms with Crippen molar-refractivity contribution in [3.05, 3.63) is 52.5 Å². The number of thiazole rings is 1. The van der Waals surface area contributed by atoms with Gasteiger partial charge in [-0.1, -0.05) is 16.5 Å². The van der Waals surface area contributed by atoms with E-state index in [0.717, 1.165) is 29.5 Å². The lowest BCUT2D eigenvalue weighted by Gasteiger charge is -2.26. The van der Waals surface area contributed by atoms with Crippen LogP contribution in [0.4, 0.5) is 34.2 Å². The van der Waals surface area contributed by atoms with Crippen molar-refractivity contribution in [3.8, 4) is 0 Å². The molecule has 36 heavy (non-hydrogen) atoms. The number of carbonyl (C=O) groups excluding carboxylic acids is 3. The molecule has 0 bridgehead atoms. The Morgan fingerprint density at radius 2 is 1.92 bits per heavy atom. The van der Waals surface area contributed by atoms with Crippen LogP contribution in [-0.2, 0) is 9.53 Å². The highest BCUT2D eigenvalue weighted by atomic mass is 32.1. The first-order valence-corrected chi connectivity index (χ1v) is 10.8. The SMILES string of the molecule is CC(C(N)=O)N(c1ccc(F)cc1)c1nc(N)c(C(=O)c2cc(C(=O)NCCOC(F)(F)F)no2)s1. The number of anilines is 3. The molecule has 0 fully saturated rings. The number of nitrogens with two attached hydrogens (primary N) is 2. The molecule has 0 saturated carbocycles. The van der Waals surface area contributed by atoms with Gasteiger partial charge in [0.2, 0.25) is 17.5 Å². The van der Waals surface area contributed by atoms with Crippen LogP contribution in [0.5, 0.6) is 0 Å². The number of carbonyl (C=O) groups is 3. The molecule has 0 spiro atoms. The second-order valence-electron chi connectivity index (χ2n) is 7.09. The number of alkyl halides is 3. The van der Waals surface area contributed by atoms with Gasteiger partial charge in [0.05, 0.1) is 6.61 Å². The molecule has 0 aliphatic heterocycles. The Labute approximate surface area is 204 Å². The number of nitrogens with zero attached hydrogens (tertiary/aromatic N) is 3. The maximum Gasteiger partial charge on any atom is 0.522 e. The first-order chi connectivity index (χ1) is 16.9. The molecule has 1 atom stereocenters. The molecule has 2 aromatic heterocycles. The minimum Gasteiger partial charge on any atom is -0.382 e. The number of ketones is 1. The highest BCUT2D eigenvalue weighted by Gasteiger charge is 2.30. The number of benzene rings is 1. The Kier molecular flexibility index (Phi) is 7.89. The third kappa shape index (κ3) is 6.33. The fraction of sp³-hybridized carbons (Fsp3) is 0.250. The fourth-order valence-corrected chi connectivity index (χ4v) is 3.87. The van der Waals surface area contributed by atoms with Gasteiger partial charge < -0.3 is 26.2 Å². The van der Waals surface area contributed by atoms with E-state index < -0.39 is 54.7 Å². The van der Waals surface area contributed by atoms with Crippen molar-refractivity contribution in [3.63, 3.8) is 0 Å². The Hall–Kier alpha value is -4.05. The number of amides is 2. The van der Waals surface area contributed by atoms with Crippen LogP contribution in [0.25, 0.3) is 0 Å². The lowest BCUT2D eigenvalue weighted by molar-refractivity contribution is -0.323. The summed E-state index contributed by atoms with van der Waals surface area (Å²) in [5.41, 5.74) is 11.3. The molecule has 0 aliphatic carbocycles. The Morgan fingerprint density at radius 3 is 2.53 bits per heavy atom. The molecule has 0 saturated heterocycles. The van der Waals surface area contributed by atoms with Gasteiger partial charge in [0.1, 0.15) is 22.6 Å². The summed E-state index contributed by atoms with van der Waals surface area (Å²) in [6, 6.07) is 5.12. The van der Waals surface area contributed by atoms with Crippen LogP contribution < -0.4 is 21.7 Å². The zero-order valence-electron chi connectivity index (χ0n) is 18.3. The topological polar surface area (TPSA) is 167 Å². The smallest absolute Gasteiger partial charge is 0.382 e. The van der Waals surface area contributed by atoms with Gasteiger partial charge in [-0.3, -0.25) is 19.1 Å². The van der Waals surface area contributed by atoms with Gasteiger partial charge in [-0.2, -0.15) is 0 Å². The first kappa shape index (κ1) is 26.6. The highest BCUT2D eigenvalue weighted by molar-refractivity contribution is 7.18. The highest BCUT2D eigenvalue weighted by Crippen LogP contribution is 2.36. The normalized spacial score (nSPS) is 12.2. The molecule has 3 aromatic rings. The van der Waals surface area contributed by atoms with E-state index in [4.69, 9.17) is 16.0 Å². The minimum atomic E-state index is -4.84. The van der Waals surface area contributed by atoms with Crippen LogP contribution in [0, 0.1) is 5.82 Å². The summed E-state index contributed by atoms with van der Waals surface area (Å²) in [5, 5.41) is 5.66. The number of hydrogen-bond donors (Lipinski definition) is 3. The van der Waals surface area contributed by atoms with Crippen LogP contribution >= 0.6 is 11.3 Å². The van der Waals surface area contributed by atoms with E-state index in [-0.39, 0.29) is 21.5 Å². The minimum absolute atomic E-state index is 0.0934. The summed E-state index contributed by atoms with van der Waals surface area (Å²) in [6.45, 7) is 0.177. The molecule has 16 heteroatoms. The van der Waals surface area contributed by atoms with Gasteiger partial charge in [-0.05, 0) is 31.2 Å². The predicted octanol–water partition coefficient (Wildman–Crippen LogP) is 2.36. The van der Waals surface area contributed by atoms with Crippen LogP contribution in [0.2, 0.25) is 0 Å². The number of halogens is 4. The largest absolute Gasteiger partial charge is 0.522 e. The Balaban J connectivity index is 1.79. The molecule has 2 amide bonds. The molecule has 2 heterocycles. The van der Waals surface area contributed by atoms with Crippen molar-refractivity contribution in [2.24, 2.45) is 5.73 Å². The summed E-state index contributed by atoms with van der Waals surface area (Å²) in [6.07, 6.45) is -4.84. The van der Waals surface area contributed by atoms with Gasteiger partial charge in [-0.15, -0.1) is 13.2 Å². The van der Waals surface area contributed by atoms with Crippen molar-refractivity contribution in [2.45, 2.75) is 19.3 Å². The summed E-state index contributed by atoms with van der Waals surface area (Å²) in [5.74, 6) is -3.57. The van der Waals surface area contributed by atoms with Gasteiger partial charge in [-0.25, -0.2) is 9.37 Å². The molecule has 11 nitrogen and oxygen atoms in total. The molecule has 192 valence electrons. The quantitative estimate of drug-likeness (QED) is 0.203. The van der Waals surface area contributed by atoms with E-state index in [1.54, 1.807) is 0 Å². The third-order valence-corrected chi connectivity index (χ3v) is 5.65. The number of rotatable bonds is 10. The zero-order chi connectivity index (χ0) is 26.6. The maximum atomic E-state index is 13.4. The van der Waals surface area contributed by atoms with E-state index >= 15 is 0 Å². The molecular weight excluding hydrogens is 512 g/mol. The number of ether oxygens (including phenoxy) is 1. The summed E-state index contributed by atoms with van der Waals surface area (Å²) >= 11 is 0.779. The number of nitrogen functional groups attached to an aromatic ring is 1. The van der Waals surface area contributed by atoms with Crippen molar-refractivity contribution in [2.75, 3.05) is 23.8 Å². The number of nitrogens with one attached hydrogen (secondary N) is 1. The van der Waals surface area contributed by atoms with E-state index in [9.17, 15) is 31.9 Å². The monoisotopic (exact) mass is 530 g/mol. The first-order valence-electron chi connectivity index (χ1n) is 9.98. The summed E-state index contributed by atoms with van der Waals surface area (Å²) in [4.78, 5) is 42.2. The number of primary amides is 1. The number of hydrogen-bond acceptors (Lipinski definition) is 10. The van der Waals surface area contributed by atoms with Gasteiger partial charge in [0.25, 0.3) is 5.91 Å². The maximum absolute atomic E-state index is 13.4. The summed E-state index contributed by atoms with van der Waals surface area (Å²) in [7, 11) is 0. The Morgan fingerprint density at radius 1 is 1.25 bits per heavy atom. The van der Waals surface area contributed by atoms with E-state index in [0.29, 0.717) is 5.69 Å². The second kappa shape index (κ2) is 10.7. The van der Waals surface area contributed by atoms with E-state index in [2.05, 4.69) is 20.2 Å². The molecule has 3 rings (SSSR count). The Bertz CT molecular complexity index is 1260. The molecule has 1 aromatic carbocycles. The van der Waals surface area contributed by atoms with E-state index in [1.807, 2.05) is 0 Å². The van der Waals surface area contributed by atoms with Crippen LogP contribution in [0.1, 0.15) is 32.8 Å². The molecule has 0 aliphatic rings. The van der Waals surface area contributed by atoms with E-state index in [1.165, 1.54) is 24.0 Å². The van der Waals surface area contributed by atoms with Crippen LogP contribution in [-0.4, -0.2) is 53.3 Å². The van der Waals surface area contributed by atoms with Crippen molar-refractivity contribution >= 4 is 45.6 Å². The van der Waals surface area contributed by atoms with Crippen molar-refractivity contribution < 1.29 is 41.2 Å². The lowest BCUT2D eigenvalue weighted by Crippen LogP contribution is -2.39. The van der Waals surface area contributed by atoms with Gasteiger partial charge in [0.15, 0.2) is 10.8 Å². The lowest BCUT2D eigenvalue weighted by atomic mass is 10.2. The molecular formula is C20H18F4N6O5S. The summed E-state index contributed by atoms with van der Waals surface area (Å²) < 4.78 is 57.8. The second-order valence-corrected chi connectivity index (χ2v) is 8.07. The average Bonchev–Trinajstić information content (AvgIpc) is 3.44. The van der Waals surface area contributed by atoms with Crippen LogP contribution in [0.15, 0.2) is 34.9 Å². The molecule has 0 radical (unpaired) electrons.